The predicted octanol–water partition coefficient (Wildman–Crippen LogP) is 2.61. The molecule has 3 heterocycles. The van der Waals surface area contributed by atoms with Gasteiger partial charge in [-0.25, -0.2) is 0 Å². The normalized spacial score (nSPS) is 40.9. The van der Waals surface area contributed by atoms with Crippen LogP contribution in [0.2, 0.25) is 0 Å². The number of allylic oxidation sites excluding steroid dienone is 12. The van der Waals surface area contributed by atoms with Gasteiger partial charge in [-0.1, -0.05) is 111 Å². The van der Waals surface area contributed by atoms with Crippen molar-refractivity contribution in [2.24, 2.45) is 17.8 Å². The van der Waals surface area contributed by atoms with Crippen molar-refractivity contribution >= 4 is 17.6 Å². The van der Waals surface area contributed by atoms with E-state index in [1.54, 1.807) is 75.5 Å². The zero-order valence-corrected chi connectivity index (χ0v) is 44.0. The summed E-state index contributed by atoms with van der Waals surface area (Å²) >= 11 is 0. The van der Waals surface area contributed by atoms with E-state index in [0.29, 0.717) is 0 Å². The number of hydrogen-bond donors (Lipinski definition) is 12. The van der Waals surface area contributed by atoms with Gasteiger partial charge in [0.1, 0.15) is 18.1 Å². The first-order valence-electron chi connectivity index (χ1n) is 25.9. The molecule has 0 aromatic heterocycles. The van der Waals surface area contributed by atoms with Crippen LogP contribution in [0.25, 0.3) is 0 Å². The molecule has 420 valence electrons. The minimum atomic E-state index is -2.37. The summed E-state index contributed by atoms with van der Waals surface area (Å²) in [4.78, 5) is 27.4. The van der Waals surface area contributed by atoms with E-state index in [2.05, 4.69) is 5.32 Å². The smallest absolute Gasteiger partial charge is 0.311 e. The fraction of sp³-hybridized carbons (Fsp3) is 0.607. The van der Waals surface area contributed by atoms with Gasteiger partial charge in [-0.05, 0) is 57.2 Å². The van der Waals surface area contributed by atoms with Gasteiger partial charge in [-0.2, -0.15) is 0 Å². The Morgan fingerprint density at radius 2 is 1.24 bits per heavy atom. The molecule has 12 N–H and O–H groups in total. The average molecular weight is 1060 g/mol. The minimum Gasteiger partial charge on any atom is -0.481 e. The summed E-state index contributed by atoms with van der Waals surface area (Å²) in [6, 6.07) is 6.78. The van der Waals surface area contributed by atoms with Crippen molar-refractivity contribution < 1.29 is 84.7 Å². The van der Waals surface area contributed by atoms with Crippen LogP contribution < -0.4 is 10.2 Å². The van der Waals surface area contributed by atoms with E-state index in [4.69, 9.17) is 18.9 Å². The zero-order chi connectivity index (χ0) is 55.4. The number of carboxylic acid groups (broad SMARTS) is 1. The average Bonchev–Trinajstić information content (AvgIpc) is 3.33. The van der Waals surface area contributed by atoms with Crippen LogP contribution in [0, 0.1) is 17.8 Å². The van der Waals surface area contributed by atoms with E-state index in [-0.39, 0.29) is 44.6 Å². The van der Waals surface area contributed by atoms with Gasteiger partial charge >= 0.3 is 11.9 Å². The molecule has 0 amide bonds. The van der Waals surface area contributed by atoms with E-state index < -0.39 is 141 Å². The van der Waals surface area contributed by atoms with Gasteiger partial charge in [0, 0.05) is 57.4 Å². The molecular weight excluding hydrogens is 973 g/mol. The van der Waals surface area contributed by atoms with E-state index in [1.807, 2.05) is 80.6 Å². The number of aliphatic hydroxyl groups excluding tert-OH is 9. The fourth-order valence-corrected chi connectivity index (χ4v) is 9.31. The molecule has 2 fully saturated rings. The number of cyclic esters (lactones) is 1. The highest BCUT2D eigenvalue weighted by Crippen LogP contribution is 2.38. The Morgan fingerprint density at radius 3 is 1.83 bits per heavy atom. The number of carboxylic acids is 1. The highest BCUT2D eigenvalue weighted by molar-refractivity contribution is 5.71. The Hall–Kier alpha value is -4.42. The Morgan fingerprint density at radius 1 is 0.680 bits per heavy atom. The Bertz CT molecular complexity index is 2090. The molecule has 1 aromatic carbocycles. The fourth-order valence-electron chi connectivity index (χ4n) is 9.31. The molecule has 3 aliphatic rings. The quantitative estimate of drug-likeness (QED) is 0.175. The molecule has 19 atom stereocenters. The van der Waals surface area contributed by atoms with Crippen molar-refractivity contribution in [1.82, 2.24) is 5.32 Å². The summed E-state index contributed by atoms with van der Waals surface area (Å²) in [5.74, 6) is -6.91. The maximum Gasteiger partial charge on any atom is 0.311 e. The molecule has 4 rings (SSSR count). The molecule has 2 bridgehead atoms. The monoisotopic (exact) mass is 1060 g/mol. The second-order valence-corrected chi connectivity index (χ2v) is 20.5. The number of nitrogens with zero attached hydrogens (tertiary/aromatic N) is 1. The second kappa shape index (κ2) is 31.1. The Labute approximate surface area is 441 Å². The van der Waals surface area contributed by atoms with Crippen molar-refractivity contribution in [1.29, 1.82) is 0 Å². The lowest BCUT2D eigenvalue weighted by Crippen LogP contribution is -2.63. The number of carbonyl (C=O) groups is 2. The van der Waals surface area contributed by atoms with Gasteiger partial charge < -0.3 is 85.3 Å². The lowest BCUT2D eigenvalue weighted by atomic mass is 9.82. The largest absolute Gasteiger partial charge is 0.481 e. The van der Waals surface area contributed by atoms with Gasteiger partial charge in [0.05, 0.1) is 79.6 Å². The third-order valence-corrected chi connectivity index (χ3v) is 14.0. The maximum atomic E-state index is 12.7. The predicted molar refractivity (Wildman–Crippen MR) is 280 cm³/mol. The van der Waals surface area contributed by atoms with E-state index in [0.717, 1.165) is 11.3 Å². The van der Waals surface area contributed by atoms with E-state index >= 15 is 0 Å². The third-order valence-electron chi connectivity index (χ3n) is 14.0. The number of aliphatic hydroxyl groups is 10. The van der Waals surface area contributed by atoms with Crippen molar-refractivity contribution in [3.05, 3.63) is 115 Å². The third kappa shape index (κ3) is 20.8. The molecule has 0 radical (unpaired) electrons. The van der Waals surface area contributed by atoms with Crippen molar-refractivity contribution in [3.63, 3.8) is 0 Å². The number of esters is 1. The number of hydrogen-bond acceptors (Lipinski definition) is 18. The molecule has 0 saturated carbocycles. The number of nitrogens with one attached hydrogen (secondary N) is 1. The number of rotatable bonds is 7. The van der Waals surface area contributed by atoms with Gasteiger partial charge in [-0.15, -0.1) is 0 Å². The van der Waals surface area contributed by atoms with E-state index in [1.165, 1.54) is 0 Å². The van der Waals surface area contributed by atoms with Crippen LogP contribution in [0.15, 0.2) is 109 Å². The first-order valence-corrected chi connectivity index (χ1v) is 25.9. The van der Waals surface area contributed by atoms with Gasteiger partial charge in [0.25, 0.3) is 0 Å². The van der Waals surface area contributed by atoms with Crippen LogP contribution in [0.4, 0.5) is 5.69 Å². The minimum absolute atomic E-state index is 0.144. The number of fused-ring (bicyclic) bond motifs is 2. The van der Waals surface area contributed by atoms with E-state index in [9.17, 15) is 65.8 Å². The number of anilines is 1. The zero-order valence-electron chi connectivity index (χ0n) is 44.0. The first-order chi connectivity index (χ1) is 35.5. The lowest BCUT2D eigenvalue weighted by molar-refractivity contribution is -0.310. The molecule has 75 heavy (non-hydrogen) atoms. The first kappa shape index (κ1) is 63.1. The second-order valence-electron chi connectivity index (χ2n) is 20.5. The Kier molecular flexibility index (Phi) is 26.2. The molecule has 3 aliphatic heterocycles. The standard InChI is InChI=1S/C56H84N2O17/c1-34-19-17-15-13-11-9-7-8-10-12-14-16-18-20-43(74-55-53(68)50(52(67)37(4)73-55)57-33-38-21-23-39(24-22-38)58(5)6)30-47-49(54(69)70)46(64)32-56(71,75-47)31-45(63)44(62)26-25-40(59)27-41(60)28-42(61)29-48(65)72-36(3)35(2)51(34)66/h7-24,34-37,40-47,49-53,55,57,59-64,66-68,71H,25-33H2,1-6H3,(H,69,70)/b8-7+,11-9+,12-10+,15-13+,16-14+,19-17+,20-18+/t34-,35-,36-,37+,40?,41?,42?,43-,44+,45+,46-,47-,49+,50-,51+,52+,53-,55?,56+/m0/s1. The van der Waals surface area contributed by atoms with Crippen LogP contribution in [0.3, 0.4) is 0 Å². The van der Waals surface area contributed by atoms with Crippen LogP contribution in [0.5, 0.6) is 0 Å². The SMILES string of the molecule is C[C@@H]1[C@H](O)[C@@H](C)/C=C/C=C/C=C/C=C/C=C/C=C/C=C/[C@H](OC2O[C@H](C)[C@@H](O)[C@H](NCc3ccc(N(C)C)cc3)[C@@H]2O)C[C@@H]2O[C@](O)(C[C@@H](O)[C@H](O)CCC(O)CC(O)CC(O)CC(=O)O[C@H]1C)C[C@H](O)[C@H]2C(=O)O. The summed E-state index contributed by atoms with van der Waals surface area (Å²) in [6.45, 7) is 7.11. The van der Waals surface area contributed by atoms with Gasteiger partial charge in [0.2, 0.25) is 0 Å². The number of ether oxygens (including phenoxy) is 4. The summed E-state index contributed by atoms with van der Waals surface area (Å²) in [5.41, 5.74) is 1.87. The molecule has 0 spiro atoms. The number of benzene rings is 1. The van der Waals surface area contributed by atoms with Crippen molar-refractivity contribution in [2.75, 3.05) is 19.0 Å². The highest BCUT2D eigenvalue weighted by Gasteiger charge is 2.51. The van der Waals surface area contributed by atoms with Crippen molar-refractivity contribution in [2.45, 2.75) is 183 Å². The van der Waals surface area contributed by atoms with Crippen LogP contribution in [-0.2, 0) is 35.1 Å². The number of aliphatic carboxylic acids is 1. The van der Waals surface area contributed by atoms with Crippen LogP contribution in [-0.4, -0.2) is 180 Å². The highest BCUT2D eigenvalue weighted by atomic mass is 16.7. The molecular formula is C56H84N2O17. The van der Waals surface area contributed by atoms with Gasteiger partial charge in [0.15, 0.2) is 12.1 Å². The molecule has 19 nitrogen and oxygen atoms in total. The maximum absolute atomic E-state index is 12.7. The summed E-state index contributed by atoms with van der Waals surface area (Å²) in [6.07, 6.45) is 3.74. The summed E-state index contributed by atoms with van der Waals surface area (Å²) < 4.78 is 23.9. The molecule has 1 aromatic rings. The lowest BCUT2D eigenvalue weighted by Gasteiger charge is -2.45. The Balaban J connectivity index is 1.58. The van der Waals surface area contributed by atoms with Crippen molar-refractivity contribution in [3.8, 4) is 0 Å². The molecule has 4 unspecified atom stereocenters. The topological polar surface area (TPSA) is 309 Å². The number of carbonyl (C=O) groups excluding carboxylic acids is 1. The summed E-state index contributed by atoms with van der Waals surface area (Å²) in [5, 5.41) is 124. The van der Waals surface area contributed by atoms with Gasteiger partial charge in [-0.3, -0.25) is 9.59 Å². The van der Waals surface area contributed by atoms with Crippen LogP contribution >= 0.6 is 0 Å². The summed E-state index contributed by atoms with van der Waals surface area (Å²) in [7, 11) is 3.85. The molecule has 19 heteroatoms. The molecule has 0 aliphatic carbocycles. The van der Waals surface area contributed by atoms with Crippen LogP contribution in [0.1, 0.15) is 84.6 Å². The molecule has 2 saturated heterocycles.